The van der Waals surface area contributed by atoms with E-state index in [4.69, 9.17) is 0 Å². The molecule has 110 valence electrons. The highest BCUT2D eigenvalue weighted by Crippen LogP contribution is 2.49. The van der Waals surface area contributed by atoms with Gasteiger partial charge in [0.15, 0.2) is 0 Å². The lowest BCUT2D eigenvalue weighted by Gasteiger charge is -2.32. The summed E-state index contributed by atoms with van der Waals surface area (Å²) in [6, 6.07) is 0.251. The van der Waals surface area contributed by atoms with Crippen LogP contribution >= 0.6 is 0 Å². The zero-order valence-corrected chi connectivity index (χ0v) is 12.5. The number of carbonyl (C=O) groups is 1. The molecule has 0 unspecified atom stereocenters. The predicted octanol–water partition coefficient (Wildman–Crippen LogP) is 1.95. The van der Waals surface area contributed by atoms with Gasteiger partial charge in [0.2, 0.25) is 5.91 Å². The van der Waals surface area contributed by atoms with E-state index in [9.17, 15) is 4.79 Å². The average molecular weight is 276 g/mol. The van der Waals surface area contributed by atoms with E-state index in [0.29, 0.717) is 5.92 Å². The number of rotatable bonds is 4. The van der Waals surface area contributed by atoms with Gasteiger partial charge in [0.25, 0.3) is 0 Å². The number of hydrogen-bond acceptors (Lipinski definition) is 3. The summed E-state index contributed by atoms with van der Waals surface area (Å²) in [5.74, 6) is 2.42. The average Bonchev–Trinajstić information content (AvgIpc) is 3.15. The highest BCUT2D eigenvalue weighted by atomic mass is 16.2. The fourth-order valence-corrected chi connectivity index (χ4v) is 4.00. The minimum Gasteiger partial charge on any atom is -0.351 e. The predicted molar refractivity (Wildman–Crippen MR) is 75.9 cm³/mol. The van der Waals surface area contributed by atoms with Crippen LogP contribution in [-0.2, 0) is 10.3 Å². The third kappa shape index (κ3) is 2.23. The summed E-state index contributed by atoms with van der Waals surface area (Å²) in [5, 5.41) is 7.30. The Morgan fingerprint density at radius 3 is 2.75 bits per heavy atom. The first kappa shape index (κ1) is 13.6. The second-order valence-corrected chi connectivity index (χ2v) is 7.00. The molecule has 20 heavy (non-hydrogen) atoms. The lowest BCUT2D eigenvalue weighted by molar-refractivity contribution is -0.130. The third-order valence-electron chi connectivity index (χ3n) is 5.34. The highest BCUT2D eigenvalue weighted by Gasteiger charge is 2.43. The van der Waals surface area contributed by atoms with Gasteiger partial charge in [-0.05, 0) is 57.8 Å². The molecule has 2 bridgehead atoms. The van der Waals surface area contributed by atoms with Crippen molar-refractivity contribution >= 4 is 5.91 Å². The first-order valence-corrected chi connectivity index (χ1v) is 7.64. The summed E-state index contributed by atoms with van der Waals surface area (Å²) in [5.41, 5.74) is -0.692. The third-order valence-corrected chi connectivity index (χ3v) is 5.34. The molecule has 1 aromatic heterocycles. The van der Waals surface area contributed by atoms with Crippen LogP contribution in [0.15, 0.2) is 12.7 Å². The molecule has 4 atom stereocenters. The first-order valence-electron chi connectivity index (χ1n) is 7.64. The normalized spacial score (nSPS) is 30.4. The topological polar surface area (TPSA) is 59.8 Å². The van der Waals surface area contributed by atoms with E-state index in [2.05, 4.69) is 22.3 Å². The van der Waals surface area contributed by atoms with Gasteiger partial charge >= 0.3 is 0 Å². The molecule has 5 heteroatoms. The quantitative estimate of drug-likeness (QED) is 0.914. The minimum absolute atomic E-state index is 0.0262. The maximum Gasteiger partial charge on any atom is 0.247 e. The van der Waals surface area contributed by atoms with Crippen LogP contribution in [0.4, 0.5) is 0 Å². The molecule has 0 radical (unpaired) electrons. The van der Waals surface area contributed by atoms with E-state index in [0.717, 1.165) is 11.8 Å². The maximum atomic E-state index is 12.5. The van der Waals surface area contributed by atoms with Crippen molar-refractivity contribution in [3.05, 3.63) is 12.7 Å². The van der Waals surface area contributed by atoms with Gasteiger partial charge in [-0.3, -0.25) is 4.79 Å². The molecule has 2 aliphatic carbocycles. The van der Waals surface area contributed by atoms with Gasteiger partial charge in [-0.15, -0.1) is 0 Å². The van der Waals surface area contributed by atoms with Gasteiger partial charge in [-0.1, -0.05) is 6.42 Å². The molecule has 1 aromatic rings. The van der Waals surface area contributed by atoms with Crippen molar-refractivity contribution in [3.63, 3.8) is 0 Å². The SMILES string of the molecule is C[C@@H](NC(=O)C(C)(C)n1cncn1)[C@@H]1C[C@@H]2CC[C@@H]1C2. The molecule has 2 saturated carbocycles. The Labute approximate surface area is 120 Å². The molecule has 0 aromatic carbocycles. The van der Waals surface area contributed by atoms with Crippen LogP contribution in [0.2, 0.25) is 0 Å². The lowest BCUT2D eigenvalue weighted by Crippen LogP contribution is -2.50. The van der Waals surface area contributed by atoms with Crippen molar-refractivity contribution in [2.75, 3.05) is 0 Å². The Bertz CT molecular complexity index is 482. The number of fused-ring (bicyclic) bond motifs is 2. The van der Waals surface area contributed by atoms with Crippen LogP contribution in [0.1, 0.15) is 46.5 Å². The number of amides is 1. The zero-order chi connectivity index (χ0) is 14.3. The largest absolute Gasteiger partial charge is 0.351 e. The Morgan fingerprint density at radius 1 is 1.40 bits per heavy atom. The van der Waals surface area contributed by atoms with Crippen LogP contribution in [0.25, 0.3) is 0 Å². The van der Waals surface area contributed by atoms with Crippen molar-refractivity contribution in [1.29, 1.82) is 0 Å². The van der Waals surface area contributed by atoms with Crippen molar-refractivity contribution in [2.45, 2.75) is 58.0 Å². The number of nitrogens with one attached hydrogen (secondary N) is 1. The summed E-state index contributed by atoms with van der Waals surface area (Å²) in [4.78, 5) is 16.5. The van der Waals surface area contributed by atoms with Crippen LogP contribution < -0.4 is 5.32 Å². The molecule has 0 saturated heterocycles. The van der Waals surface area contributed by atoms with Crippen LogP contribution in [0.3, 0.4) is 0 Å². The Morgan fingerprint density at radius 2 is 2.20 bits per heavy atom. The Hall–Kier alpha value is -1.39. The molecule has 5 nitrogen and oxygen atoms in total. The van der Waals surface area contributed by atoms with E-state index >= 15 is 0 Å². The Kier molecular flexibility index (Phi) is 3.30. The molecule has 1 amide bonds. The fraction of sp³-hybridized carbons (Fsp3) is 0.800. The molecule has 0 aliphatic heterocycles. The molecular weight excluding hydrogens is 252 g/mol. The van der Waals surface area contributed by atoms with Crippen LogP contribution in [-0.4, -0.2) is 26.7 Å². The summed E-state index contributed by atoms with van der Waals surface area (Å²) in [6.07, 6.45) is 8.47. The number of carbonyl (C=O) groups excluding carboxylic acids is 1. The second kappa shape index (κ2) is 4.86. The highest BCUT2D eigenvalue weighted by molar-refractivity contribution is 5.83. The molecule has 1 N–H and O–H groups in total. The standard InChI is InChI=1S/C15H24N4O/c1-10(13-7-11-4-5-12(13)6-11)18-14(20)15(2,3)19-9-16-8-17-19/h8-13H,4-7H2,1-3H3,(H,18,20)/t10-,11-,12-,13+/m1/s1. The van der Waals surface area contributed by atoms with Crippen LogP contribution in [0.5, 0.6) is 0 Å². The summed E-state index contributed by atoms with van der Waals surface area (Å²) in [7, 11) is 0. The van der Waals surface area contributed by atoms with E-state index < -0.39 is 5.54 Å². The minimum atomic E-state index is -0.692. The number of hydrogen-bond donors (Lipinski definition) is 1. The van der Waals surface area contributed by atoms with Gasteiger partial charge in [0.05, 0.1) is 0 Å². The van der Waals surface area contributed by atoms with Crippen molar-refractivity contribution in [3.8, 4) is 0 Å². The number of nitrogens with zero attached hydrogens (tertiary/aromatic N) is 3. The fourth-order valence-electron chi connectivity index (χ4n) is 4.00. The van der Waals surface area contributed by atoms with E-state index in [1.54, 1.807) is 11.0 Å². The van der Waals surface area contributed by atoms with Crippen LogP contribution in [0, 0.1) is 17.8 Å². The summed E-state index contributed by atoms with van der Waals surface area (Å²) < 4.78 is 1.62. The Balaban J connectivity index is 1.64. The van der Waals surface area contributed by atoms with Gasteiger partial charge in [-0.25, -0.2) is 9.67 Å². The lowest BCUT2D eigenvalue weighted by atomic mass is 9.83. The van der Waals surface area contributed by atoms with Crippen molar-refractivity contribution < 1.29 is 4.79 Å². The molecule has 2 aliphatic rings. The van der Waals surface area contributed by atoms with Gasteiger partial charge in [0, 0.05) is 6.04 Å². The van der Waals surface area contributed by atoms with E-state index in [1.807, 2.05) is 13.8 Å². The van der Waals surface area contributed by atoms with E-state index in [1.165, 1.54) is 32.0 Å². The van der Waals surface area contributed by atoms with Gasteiger partial charge in [0.1, 0.15) is 18.2 Å². The first-order chi connectivity index (χ1) is 9.48. The molecule has 0 spiro atoms. The maximum absolute atomic E-state index is 12.5. The summed E-state index contributed by atoms with van der Waals surface area (Å²) >= 11 is 0. The van der Waals surface area contributed by atoms with Crippen molar-refractivity contribution in [1.82, 2.24) is 20.1 Å². The van der Waals surface area contributed by atoms with E-state index in [-0.39, 0.29) is 11.9 Å². The summed E-state index contributed by atoms with van der Waals surface area (Å²) in [6.45, 7) is 5.91. The molecular formula is C15H24N4O. The second-order valence-electron chi connectivity index (χ2n) is 7.00. The smallest absolute Gasteiger partial charge is 0.247 e. The van der Waals surface area contributed by atoms with Gasteiger partial charge in [-0.2, -0.15) is 5.10 Å². The monoisotopic (exact) mass is 276 g/mol. The molecule has 2 fully saturated rings. The molecule has 3 rings (SSSR count). The van der Waals surface area contributed by atoms with Gasteiger partial charge < -0.3 is 5.32 Å². The van der Waals surface area contributed by atoms with Crippen molar-refractivity contribution in [2.24, 2.45) is 17.8 Å². The number of aromatic nitrogens is 3. The molecule has 1 heterocycles. The zero-order valence-electron chi connectivity index (χ0n) is 12.5.